The average Bonchev–Trinajstić information content (AvgIpc) is 3.15. The number of aryl methyl sites for hydroxylation is 2. The number of rotatable bonds is 5. The third-order valence-corrected chi connectivity index (χ3v) is 4.35. The van der Waals surface area contributed by atoms with Crippen LogP contribution in [0.1, 0.15) is 48.6 Å². The summed E-state index contributed by atoms with van der Waals surface area (Å²) < 4.78 is 1.97. The minimum atomic E-state index is -0.0433. The van der Waals surface area contributed by atoms with Gasteiger partial charge in [-0.15, -0.1) is 0 Å². The first kappa shape index (κ1) is 16.6. The third-order valence-electron chi connectivity index (χ3n) is 4.35. The molecule has 128 valence electrons. The van der Waals surface area contributed by atoms with Gasteiger partial charge in [0.1, 0.15) is 5.82 Å². The molecule has 1 unspecified atom stereocenters. The fourth-order valence-electron chi connectivity index (χ4n) is 3.24. The highest BCUT2D eigenvalue weighted by molar-refractivity contribution is 5.72. The molecule has 24 heavy (non-hydrogen) atoms. The quantitative estimate of drug-likeness (QED) is 0.900. The molecular formula is C17H24N6O. The van der Waals surface area contributed by atoms with E-state index >= 15 is 0 Å². The molecule has 1 atom stereocenters. The van der Waals surface area contributed by atoms with E-state index in [1.54, 1.807) is 0 Å². The van der Waals surface area contributed by atoms with Gasteiger partial charge < -0.3 is 9.88 Å². The first-order valence-electron chi connectivity index (χ1n) is 8.30. The van der Waals surface area contributed by atoms with E-state index in [1.807, 2.05) is 31.1 Å². The predicted octanol–water partition coefficient (Wildman–Crippen LogP) is 1.49. The molecule has 7 nitrogen and oxygen atoms in total. The van der Waals surface area contributed by atoms with Crippen molar-refractivity contribution in [2.45, 2.75) is 45.8 Å². The summed E-state index contributed by atoms with van der Waals surface area (Å²) in [5.74, 6) is 0.722. The SMILES string of the molecule is CC(=O)NCc1cnc(C)nc1C1CCCN1Cc1cn(C)cn1. The molecule has 0 spiro atoms. The van der Waals surface area contributed by atoms with Crippen molar-refractivity contribution in [1.82, 2.24) is 29.7 Å². The molecule has 3 rings (SSSR count). The highest BCUT2D eigenvalue weighted by Crippen LogP contribution is 2.33. The molecule has 2 aromatic rings. The fourth-order valence-corrected chi connectivity index (χ4v) is 3.24. The van der Waals surface area contributed by atoms with Gasteiger partial charge in [-0.25, -0.2) is 15.0 Å². The van der Waals surface area contributed by atoms with E-state index in [2.05, 4.69) is 26.4 Å². The molecule has 0 saturated carbocycles. The summed E-state index contributed by atoms with van der Waals surface area (Å²) >= 11 is 0. The smallest absolute Gasteiger partial charge is 0.217 e. The molecule has 1 fully saturated rings. The number of nitrogens with zero attached hydrogens (tertiary/aromatic N) is 5. The molecule has 0 aromatic carbocycles. The van der Waals surface area contributed by atoms with Gasteiger partial charge in [-0.3, -0.25) is 9.69 Å². The fraction of sp³-hybridized carbons (Fsp3) is 0.529. The lowest BCUT2D eigenvalue weighted by atomic mass is 10.1. The molecule has 1 aliphatic rings. The summed E-state index contributed by atoms with van der Waals surface area (Å²) in [6.07, 6.45) is 7.93. The Labute approximate surface area is 142 Å². The lowest BCUT2D eigenvalue weighted by molar-refractivity contribution is -0.119. The van der Waals surface area contributed by atoms with Gasteiger partial charge in [-0.05, 0) is 26.3 Å². The van der Waals surface area contributed by atoms with Crippen LogP contribution in [0.4, 0.5) is 0 Å². The van der Waals surface area contributed by atoms with Crippen LogP contribution in [-0.2, 0) is 24.9 Å². The van der Waals surface area contributed by atoms with Crippen molar-refractivity contribution >= 4 is 5.91 Å². The maximum atomic E-state index is 11.3. The zero-order valence-electron chi connectivity index (χ0n) is 14.5. The number of hydrogen-bond acceptors (Lipinski definition) is 5. The number of carbonyl (C=O) groups is 1. The molecule has 1 saturated heterocycles. The summed E-state index contributed by atoms with van der Waals surface area (Å²) in [4.78, 5) is 27.1. The van der Waals surface area contributed by atoms with Crippen LogP contribution in [0.2, 0.25) is 0 Å². The zero-order valence-corrected chi connectivity index (χ0v) is 14.5. The van der Waals surface area contributed by atoms with Crippen molar-refractivity contribution in [3.05, 3.63) is 41.5 Å². The van der Waals surface area contributed by atoms with Crippen LogP contribution >= 0.6 is 0 Å². The summed E-state index contributed by atoms with van der Waals surface area (Å²) in [6, 6.07) is 0.248. The van der Waals surface area contributed by atoms with E-state index in [-0.39, 0.29) is 11.9 Å². The van der Waals surface area contributed by atoms with E-state index in [0.29, 0.717) is 6.54 Å². The normalized spacial score (nSPS) is 18.0. The van der Waals surface area contributed by atoms with Crippen LogP contribution in [0.25, 0.3) is 0 Å². The van der Waals surface area contributed by atoms with Crippen LogP contribution in [0.5, 0.6) is 0 Å². The molecule has 3 heterocycles. The number of likely N-dealkylation sites (tertiary alicyclic amines) is 1. The van der Waals surface area contributed by atoms with Gasteiger partial charge in [0.05, 0.1) is 23.8 Å². The number of imidazole rings is 1. The van der Waals surface area contributed by atoms with Crippen molar-refractivity contribution in [3.8, 4) is 0 Å². The van der Waals surface area contributed by atoms with Crippen LogP contribution in [0, 0.1) is 6.92 Å². The Hall–Kier alpha value is -2.28. The minimum absolute atomic E-state index is 0.0433. The van der Waals surface area contributed by atoms with Crippen LogP contribution < -0.4 is 5.32 Å². The van der Waals surface area contributed by atoms with Gasteiger partial charge in [0.2, 0.25) is 5.91 Å². The van der Waals surface area contributed by atoms with Gasteiger partial charge in [0, 0.05) is 45.0 Å². The van der Waals surface area contributed by atoms with E-state index in [4.69, 9.17) is 4.98 Å². The van der Waals surface area contributed by atoms with Crippen LogP contribution in [0.3, 0.4) is 0 Å². The summed E-state index contributed by atoms with van der Waals surface area (Å²) in [7, 11) is 1.98. The molecule has 1 amide bonds. The molecule has 1 N–H and O–H groups in total. The Morgan fingerprint density at radius 3 is 2.96 bits per heavy atom. The van der Waals surface area contributed by atoms with Gasteiger partial charge in [0.25, 0.3) is 0 Å². The number of amides is 1. The molecule has 2 aromatic heterocycles. The van der Waals surface area contributed by atoms with E-state index in [9.17, 15) is 4.79 Å². The number of nitrogens with one attached hydrogen (secondary N) is 1. The van der Waals surface area contributed by atoms with E-state index in [0.717, 1.165) is 48.7 Å². The van der Waals surface area contributed by atoms with E-state index < -0.39 is 0 Å². The summed E-state index contributed by atoms with van der Waals surface area (Å²) in [6.45, 7) is 5.75. The Balaban J connectivity index is 1.82. The second-order valence-electron chi connectivity index (χ2n) is 6.40. The van der Waals surface area contributed by atoms with Crippen LogP contribution in [0.15, 0.2) is 18.7 Å². The second kappa shape index (κ2) is 7.09. The van der Waals surface area contributed by atoms with Crippen LogP contribution in [-0.4, -0.2) is 36.9 Å². The number of carbonyl (C=O) groups excluding carboxylic acids is 1. The largest absolute Gasteiger partial charge is 0.352 e. The standard InChI is InChI=1S/C17H24N6O/c1-12-18-7-14(8-19-13(2)24)17(21-12)16-5-4-6-23(16)10-15-9-22(3)11-20-15/h7,9,11,16H,4-6,8,10H2,1-3H3,(H,19,24). The van der Waals surface area contributed by atoms with Crippen molar-refractivity contribution in [3.63, 3.8) is 0 Å². The van der Waals surface area contributed by atoms with Gasteiger partial charge in [-0.1, -0.05) is 0 Å². The van der Waals surface area contributed by atoms with Gasteiger partial charge >= 0.3 is 0 Å². The van der Waals surface area contributed by atoms with E-state index in [1.165, 1.54) is 6.92 Å². The zero-order chi connectivity index (χ0) is 17.1. The van der Waals surface area contributed by atoms with Crippen molar-refractivity contribution in [2.75, 3.05) is 6.54 Å². The third kappa shape index (κ3) is 3.79. The maximum absolute atomic E-state index is 11.3. The molecule has 0 aliphatic carbocycles. The summed E-state index contributed by atoms with van der Waals surface area (Å²) in [5, 5.41) is 2.86. The lowest BCUT2D eigenvalue weighted by Crippen LogP contribution is -2.27. The average molecular weight is 328 g/mol. The predicted molar refractivity (Wildman–Crippen MR) is 89.9 cm³/mol. The molecular weight excluding hydrogens is 304 g/mol. The van der Waals surface area contributed by atoms with Gasteiger partial charge in [0.15, 0.2) is 0 Å². The Morgan fingerprint density at radius 2 is 2.25 bits per heavy atom. The Morgan fingerprint density at radius 1 is 1.42 bits per heavy atom. The molecule has 7 heteroatoms. The maximum Gasteiger partial charge on any atom is 0.217 e. The minimum Gasteiger partial charge on any atom is -0.352 e. The van der Waals surface area contributed by atoms with Crippen molar-refractivity contribution in [2.24, 2.45) is 7.05 Å². The highest BCUT2D eigenvalue weighted by Gasteiger charge is 2.29. The van der Waals surface area contributed by atoms with Crippen molar-refractivity contribution in [1.29, 1.82) is 0 Å². The monoisotopic (exact) mass is 328 g/mol. The molecule has 0 radical (unpaired) electrons. The Kier molecular flexibility index (Phi) is 4.89. The molecule has 0 bridgehead atoms. The van der Waals surface area contributed by atoms with Gasteiger partial charge in [-0.2, -0.15) is 0 Å². The number of hydrogen-bond donors (Lipinski definition) is 1. The number of aromatic nitrogens is 4. The first-order valence-corrected chi connectivity index (χ1v) is 8.30. The topological polar surface area (TPSA) is 75.9 Å². The highest BCUT2D eigenvalue weighted by atomic mass is 16.1. The Bertz CT molecular complexity index is 726. The second-order valence-corrected chi connectivity index (χ2v) is 6.40. The first-order chi connectivity index (χ1) is 11.5. The lowest BCUT2D eigenvalue weighted by Gasteiger charge is -2.25. The molecule has 1 aliphatic heterocycles. The summed E-state index contributed by atoms with van der Waals surface area (Å²) in [5.41, 5.74) is 3.09. The van der Waals surface area contributed by atoms with Crippen molar-refractivity contribution < 1.29 is 4.79 Å².